The number of ether oxygens (including phenoxy) is 1. The van der Waals surface area contributed by atoms with E-state index in [1.54, 1.807) is 6.92 Å². The Balaban J connectivity index is 1.90. The Labute approximate surface area is 126 Å². The molecular formula is C15H26N4O2. The fourth-order valence-corrected chi connectivity index (χ4v) is 2.92. The Morgan fingerprint density at radius 2 is 2.14 bits per heavy atom. The van der Waals surface area contributed by atoms with Gasteiger partial charge in [0.2, 0.25) is 5.82 Å². The van der Waals surface area contributed by atoms with Gasteiger partial charge in [-0.2, -0.15) is 0 Å². The number of likely N-dealkylation sites (tertiary alicyclic amines) is 1. The van der Waals surface area contributed by atoms with E-state index in [4.69, 9.17) is 4.74 Å². The zero-order valence-corrected chi connectivity index (χ0v) is 13.3. The molecule has 0 aliphatic carbocycles. The van der Waals surface area contributed by atoms with E-state index in [9.17, 15) is 4.79 Å². The molecule has 0 saturated carbocycles. The van der Waals surface area contributed by atoms with E-state index in [-0.39, 0.29) is 5.97 Å². The number of carbonyl (C=O) groups is 1. The van der Waals surface area contributed by atoms with Crippen LogP contribution in [0.3, 0.4) is 0 Å². The van der Waals surface area contributed by atoms with E-state index in [1.807, 2.05) is 11.5 Å². The Morgan fingerprint density at radius 1 is 1.33 bits per heavy atom. The molecule has 1 aromatic heterocycles. The van der Waals surface area contributed by atoms with Crippen molar-refractivity contribution in [2.75, 3.05) is 19.7 Å². The largest absolute Gasteiger partial charge is 0.460 e. The standard InChI is InChI=1S/C15H26N4O2/c1-4-21-15(20)14-17-16-13(3)19(14)11-7-10-18-9-6-5-8-12(18)2/h12H,4-11H2,1-3H3. The minimum Gasteiger partial charge on any atom is -0.460 e. The highest BCUT2D eigenvalue weighted by Gasteiger charge is 2.20. The van der Waals surface area contributed by atoms with Gasteiger partial charge in [-0.25, -0.2) is 4.79 Å². The molecule has 1 saturated heterocycles. The molecule has 1 atom stereocenters. The average molecular weight is 294 g/mol. The molecule has 2 rings (SSSR count). The quantitative estimate of drug-likeness (QED) is 0.751. The van der Waals surface area contributed by atoms with E-state index in [0.29, 0.717) is 18.5 Å². The van der Waals surface area contributed by atoms with Crippen LogP contribution < -0.4 is 0 Å². The van der Waals surface area contributed by atoms with Crippen LogP contribution in [0.4, 0.5) is 0 Å². The van der Waals surface area contributed by atoms with E-state index in [0.717, 1.165) is 25.3 Å². The van der Waals surface area contributed by atoms with Crippen molar-refractivity contribution < 1.29 is 9.53 Å². The normalized spacial score (nSPS) is 19.7. The third-order valence-electron chi connectivity index (χ3n) is 4.16. The summed E-state index contributed by atoms with van der Waals surface area (Å²) in [5.74, 6) is 0.704. The van der Waals surface area contributed by atoms with Crippen molar-refractivity contribution in [3.05, 3.63) is 11.6 Å². The predicted octanol–water partition coefficient (Wildman–Crippen LogP) is 2.03. The second-order valence-electron chi connectivity index (χ2n) is 5.68. The van der Waals surface area contributed by atoms with Crippen LogP contribution in [0.15, 0.2) is 0 Å². The lowest BCUT2D eigenvalue weighted by atomic mass is 10.0. The summed E-state index contributed by atoms with van der Waals surface area (Å²) in [5.41, 5.74) is 0. The van der Waals surface area contributed by atoms with E-state index in [1.165, 1.54) is 25.8 Å². The van der Waals surface area contributed by atoms with Crippen molar-refractivity contribution in [2.45, 2.75) is 59.0 Å². The zero-order chi connectivity index (χ0) is 15.2. The highest BCUT2D eigenvalue weighted by atomic mass is 16.5. The van der Waals surface area contributed by atoms with Crippen molar-refractivity contribution >= 4 is 5.97 Å². The first kappa shape index (κ1) is 15.9. The van der Waals surface area contributed by atoms with Crippen LogP contribution in [0.25, 0.3) is 0 Å². The summed E-state index contributed by atoms with van der Waals surface area (Å²) in [7, 11) is 0. The van der Waals surface area contributed by atoms with Gasteiger partial charge in [0.05, 0.1) is 6.61 Å². The monoisotopic (exact) mass is 294 g/mol. The van der Waals surface area contributed by atoms with Crippen LogP contribution in [-0.2, 0) is 11.3 Å². The fraction of sp³-hybridized carbons (Fsp3) is 0.800. The lowest BCUT2D eigenvalue weighted by molar-refractivity contribution is 0.0504. The number of hydrogen-bond acceptors (Lipinski definition) is 5. The highest BCUT2D eigenvalue weighted by Crippen LogP contribution is 2.16. The molecular weight excluding hydrogens is 268 g/mol. The van der Waals surface area contributed by atoms with Crippen LogP contribution in [0.1, 0.15) is 56.0 Å². The minimum atomic E-state index is -0.385. The molecule has 118 valence electrons. The maximum absolute atomic E-state index is 11.8. The number of piperidine rings is 1. The number of nitrogens with zero attached hydrogens (tertiary/aromatic N) is 4. The van der Waals surface area contributed by atoms with Gasteiger partial charge in [0.25, 0.3) is 0 Å². The summed E-state index contributed by atoms with van der Waals surface area (Å²) < 4.78 is 6.89. The van der Waals surface area contributed by atoms with Gasteiger partial charge in [-0.1, -0.05) is 6.42 Å². The summed E-state index contributed by atoms with van der Waals surface area (Å²) in [6.45, 7) is 9.33. The predicted molar refractivity (Wildman–Crippen MR) is 80.2 cm³/mol. The molecule has 1 fully saturated rings. The van der Waals surface area contributed by atoms with Crippen LogP contribution in [0.5, 0.6) is 0 Å². The van der Waals surface area contributed by atoms with Gasteiger partial charge < -0.3 is 14.2 Å². The van der Waals surface area contributed by atoms with Gasteiger partial charge >= 0.3 is 5.97 Å². The van der Waals surface area contributed by atoms with Crippen LogP contribution in [-0.4, -0.2) is 51.4 Å². The number of hydrogen-bond donors (Lipinski definition) is 0. The van der Waals surface area contributed by atoms with Gasteiger partial charge in [0, 0.05) is 19.1 Å². The smallest absolute Gasteiger partial charge is 0.376 e. The Morgan fingerprint density at radius 3 is 2.86 bits per heavy atom. The van der Waals surface area contributed by atoms with Crippen LogP contribution in [0.2, 0.25) is 0 Å². The SMILES string of the molecule is CCOC(=O)c1nnc(C)n1CCCN1CCCCC1C. The lowest BCUT2D eigenvalue weighted by Gasteiger charge is -2.33. The first-order valence-electron chi connectivity index (χ1n) is 7.94. The number of rotatable bonds is 6. The molecule has 0 amide bonds. The van der Waals surface area contributed by atoms with Gasteiger partial charge in [0.1, 0.15) is 5.82 Å². The summed E-state index contributed by atoms with van der Waals surface area (Å²) >= 11 is 0. The number of carbonyl (C=O) groups excluding carboxylic acids is 1. The maximum Gasteiger partial charge on any atom is 0.376 e. The lowest BCUT2D eigenvalue weighted by Crippen LogP contribution is -2.38. The summed E-state index contributed by atoms with van der Waals surface area (Å²) in [6.07, 6.45) is 4.93. The first-order chi connectivity index (χ1) is 10.1. The molecule has 6 heteroatoms. The van der Waals surface area contributed by atoms with E-state index in [2.05, 4.69) is 22.0 Å². The number of esters is 1. The number of aromatic nitrogens is 3. The van der Waals surface area contributed by atoms with Gasteiger partial charge in [-0.3, -0.25) is 0 Å². The molecule has 6 nitrogen and oxygen atoms in total. The summed E-state index contributed by atoms with van der Waals surface area (Å²) in [6, 6.07) is 0.672. The highest BCUT2D eigenvalue weighted by molar-refractivity contribution is 5.85. The van der Waals surface area contributed by atoms with Crippen LogP contribution in [0, 0.1) is 6.92 Å². The molecule has 1 aliphatic heterocycles. The fourth-order valence-electron chi connectivity index (χ4n) is 2.92. The molecule has 0 aromatic carbocycles. The van der Waals surface area contributed by atoms with Crippen LogP contribution >= 0.6 is 0 Å². The Kier molecular flexibility index (Phi) is 5.73. The second-order valence-corrected chi connectivity index (χ2v) is 5.68. The molecule has 0 bridgehead atoms. The zero-order valence-electron chi connectivity index (χ0n) is 13.3. The average Bonchev–Trinajstić information content (AvgIpc) is 2.83. The van der Waals surface area contributed by atoms with Gasteiger partial charge in [0.15, 0.2) is 0 Å². The third kappa shape index (κ3) is 4.03. The van der Waals surface area contributed by atoms with Crippen molar-refractivity contribution in [1.29, 1.82) is 0 Å². The molecule has 1 unspecified atom stereocenters. The van der Waals surface area contributed by atoms with Crippen molar-refractivity contribution in [2.24, 2.45) is 0 Å². The molecule has 1 aliphatic rings. The molecule has 0 radical (unpaired) electrons. The third-order valence-corrected chi connectivity index (χ3v) is 4.16. The second kappa shape index (κ2) is 7.54. The van der Waals surface area contributed by atoms with Crippen molar-refractivity contribution in [1.82, 2.24) is 19.7 Å². The first-order valence-corrected chi connectivity index (χ1v) is 7.94. The van der Waals surface area contributed by atoms with E-state index >= 15 is 0 Å². The summed E-state index contributed by atoms with van der Waals surface area (Å²) in [5, 5.41) is 7.94. The molecule has 0 spiro atoms. The summed E-state index contributed by atoms with van der Waals surface area (Å²) in [4.78, 5) is 14.4. The number of aryl methyl sites for hydroxylation is 1. The minimum absolute atomic E-state index is 0.320. The Bertz CT molecular complexity index is 472. The van der Waals surface area contributed by atoms with E-state index < -0.39 is 0 Å². The molecule has 0 N–H and O–H groups in total. The maximum atomic E-state index is 11.8. The van der Waals surface area contributed by atoms with Crippen molar-refractivity contribution in [3.8, 4) is 0 Å². The van der Waals surface area contributed by atoms with Gasteiger partial charge in [-0.15, -0.1) is 10.2 Å². The molecule has 21 heavy (non-hydrogen) atoms. The molecule has 1 aromatic rings. The topological polar surface area (TPSA) is 60.2 Å². The van der Waals surface area contributed by atoms with Gasteiger partial charge in [-0.05, 0) is 46.6 Å². The Hall–Kier alpha value is -1.43. The van der Waals surface area contributed by atoms with Crippen molar-refractivity contribution in [3.63, 3.8) is 0 Å². The molecule has 2 heterocycles.